The largest absolute Gasteiger partial charge is 0.338 e. The van der Waals surface area contributed by atoms with Crippen LogP contribution < -0.4 is 5.32 Å². The van der Waals surface area contributed by atoms with E-state index in [0.717, 1.165) is 6.42 Å². The van der Waals surface area contributed by atoms with Crippen molar-refractivity contribution >= 4 is 27.2 Å². The number of sulfone groups is 1. The molecule has 1 aromatic heterocycles. The van der Waals surface area contributed by atoms with Crippen LogP contribution in [-0.4, -0.2) is 50.5 Å². The van der Waals surface area contributed by atoms with Crippen LogP contribution in [0.2, 0.25) is 0 Å². The Hall–Kier alpha value is -1.08. The zero-order chi connectivity index (χ0) is 16.2. The molecule has 1 aliphatic rings. The lowest BCUT2D eigenvalue weighted by Gasteiger charge is -2.23. The summed E-state index contributed by atoms with van der Waals surface area (Å²) in [7, 11) is -3.02. The van der Waals surface area contributed by atoms with E-state index in [0.29, 0.717) is 19.0 Å². The molecule has 2 rings (SSSR count). The minimum Gasteiger partial charge on any atom is -0.338 e. The maximum atomic E-state index is 12.2. The molecule has 2 unspecified atom stereocenters. The molecule has 0 saturated carbocycles. The number of rotatable bonds is 4. The van der Waals surface area contributed by atoms with Crippen molar-refractivity contribution in [2.24, 2.45) is 11.8 Å². The van der Waals surface area contributed by atoms with E-state index >= 15 is 0 Å². The van der Waals surface area contributed by atoms with Crippen LogP contribution in [0.1, 0.15) is 18.7 Å². The Morgan fingerprint density at radius 1 is 1.55 bits per heavy atom. The normalized spacial score (nSPS) is 22.8. The average molecular weight is 345 g/mol. The molecule has 7 heteroatoms. The minimum absolute atomic E-state index is 0.0122. The molecule has 1 aliphatic heterocycles. The third-order valence-electron chi connectivity index (χ3n) is 3.76. The SMILES string of the molecule is CC(CNC(=O)N1CCS(=O)(=O)CC(C)C1)Cc1cccs1. The number of hydrogen-bond acceptors (Lipinski definition) is 4. The summed E-state index contributed by atoms with van der Waals surface area (Å²) in [6, 6.07) is 3.98. The second-order valence-electron chi connectivity index (χ2n) is 6.24. The molecule has 0 radical (unpaired) electrons. The maximum absolute atomic E-state index is 12.2. The molecular formula is C15H24N2O3S2. The van der Waals surface area contributed by atoms with Gasteiger partial charge in [0.05, 0.1) is 11.5 Å². The fourth-order valence-corrected chi connectivity index (χ4v) is 5.20. The Morgan fingerprint density at radius 3 is 3.00 bits per heavy atom. The van der Waals surface area contributed by atoms with Crippen molar-refractivity contribution in [2.45, 2.75) is 20.3 Å². The average Bonchev–Trinajstić information content (AvgIpc) is 2.87. The maximum Gasteiger partial charge on any atom is 0.317 e. The molecule has 0 aliphatic carbocycles. The van der Waals surface area contributed by atoms with Crippen molar-refractivity contribution in [2.75, 3.05) is 31.1 Å². The molecule has 124 valence electrons. The van der Waals surface area contributed by atoms with E-state index in [2.05, 4.69) is 23.7 Å². The molecule has 2 heterocycles. The summed E-state index contributed by atoms with van der Waals surface area (Å²) >= 11 is 1.73. The van der Waals surface area contributed by atoms with Gasteiger partial charge in [-0.15, -0.1) is 11.3 Å². The highest BCUT2D eigenvalue weighted by molar-refractivity contribution is 7.91. The number of hydrogen-bond donors (Lipinski definition) is 1. The Balaban J connectivity index is 1.81. The third-order valence-corrected chi connectivity index (χ3v) is 6.54. The molecule has 1 saturated heterocycles. The van der Waals surface area contributed by atoms with E-state index in [4.69, 9.17) is 0 Å². The first-order valence-corrected chi connectivity index (χ1v) is 10.3. The summed E-state index contributed by atoms with van der Waals surface area (Å²) in [5.41, 5.74) is 0. The molecule has 2 amide bonds. The zero-order valence-corrected chi connectivity index (χ0v) is 14.8. The molecule has 1 aromatic rings. The molecule has 22 heavy (non-hydrogen) atoms. The van der Waals surface area contributed by atoms with Crippen LogP contribution in [0.15, 0.2) is 17.5 Å². The Labute approximate surface area is 136 Å². The quantitative estimate of drug-likeness (QED) is 0.908. The van der Waals surface area contributed by atoms with Gasteiger partial charge in [0.25, 0.3) is 0 Å². The van der Waals surface area contributed by atoms with E-state index in [-0.39, 0.29) is 30.0 Å². The first kappa shape index (κ1) is 17.3. The Kier molecular flexibility index (Phi) is 5.86. The van der Waals surface area contributed by atoms with Crippen LogP contribution >= 0.6 is 11.3 Å². The van der Waals surface area contributed by atoms with Crippen molar-refractivity contribution in [3.8, 4) is 0 Å². The van der Waals surface area contributed by atoms with Crippen LogP contribution in [0.4, 0.5) is 4.79 Å². The monoisotopic (exact) mass is 344 g/mol. The van der Waals surface area contributed by atoms with Gasteiger partial charge in [-0.25, -0.2) is 13.2 Å². The summed E-state index contributed by atoms with van der Waals surface area (Å²) in [5.74, 6) is 0.582. The highest BCUT2D eigenvalue weighted by atomic mass is 32.2. The number of thiophene rings is 1. The summed E-state index contributed by atoms with van der Waals surface area (Å²) in [6.07, 6.45) is 0.947. The highest BCUT2D eigenvalue weighted by Crippen LogP contribution is 2.14. The number of amides is 2. The zero-order valence-electron chi connectivity index (χ0n) is 13.1. The fourth-order valence-electron chi connectivity index (χ4n) is 2.69. The van der Waals surface area contributed by atoms with Gasteiger partial charge in [-0.05, 0) is 29.7 Å². The standard InChI is InChI=1S/C15H24N2O3S2/c1-12(8-14-4-3-6-21-14)9-16-15(18)17-5-7-22(19,20)11-13(2)10-17/h3-4,6,12-13H,5,7-11H2,1-2H3,(H,16,18). The molecular weight excluding hydrogens is 320 g/mol. The molecule has 5 nitrogen and oxygen atoms in total. The smallest absolute Gasteiger partial charge is 0.317 e. The van der Waals surface area contributed by atoms with Crippen molar-refractivity contribution in [3.05, 3.63) is 22.4 Å². The van der Waals surface area contributed by atoms with Crippen LogP contribution in [0.5, 0.6) is 0 Å². The molecule has 2 atom stereocenters. The molecule has 1 fully saturated rings. The third kappa shape index (κ3) is 5.28. The van der Waals surface area contributed by atoms with Gasteiger partial charge >= 0.3 is 6.03 Å². The predicted octanol–water partition coefficient (Wildman–Crippen LogP) is 2.00. The predicted molar refractivity (Wildman–Crippen MR) is 90.0 cm³/mol. The van der Waals surface area contributed by atoms with E-state index in [1.165, 1.54) is 4.88 Å². The van der Waals surface area contributed by atoms with Crippen molar-refractivity contribution in [1.82, 2.24) is 10.2 Å². The van der Waals surface area contributed by atoms with E-state index < -0.39 is 9.84 Å². The summed E-state index contributed by atoms with van der Waals surface area (Å²) < 4.78 is 23.5. The topological polar surface area (TPSA) is 66.5 Å². The van der Waals surface area contributed by atoms with E-state index in [1.807, 2.05) is 13.0 Å². The van der Waals surface area contributed by atoms with Gasteiger partial charge < -0.3 is 10.2 Å². The number of carbonyl (C=O) groups excluding carboxylic acids is 1. The lowest BCUT2D eigenvalue weighted by Crippen LogP contribution is -2.44. The summed E-state index contributed by atoms with van der Waals surface area (Å²) in [5, 5.41) is 4.99. The molecule has 1 N–H and O–H groups in total. The van der Waals surface area contributed by atoms with Crippen molar-refractivity contribution < 1.29 is 13.2 Å². The van der Waals surface area contributed by atoms with Gasteiger partial charge in [0.2, 0.25) is 0 Å². The van der Waals surface area contributed by atoms with Gasteiger partial charge in [-0.2, -0.15) is 0 Å². The first-order chi connectivity index (χ1) is 10.4. The van der Waals surface area contributed by atoms with Crippen LogP contribution in [0.3, 0.4) is 0 Å². The first-order valence-electron chi connectivity index (χ1n) is 7.61. The van der Waals surface area contributed by atoms with Gasteiger partial charge in [0, 0.05) is 24.5 Å². The van der Waals surface area contributed by atoms with Crippen molar-refractivity contribution in [3.63, 3.8) is 0 Å². The van der Waals surface area contributed by atoms with E-state index in [1.54, 1.807) is 16.2 Å². The molecule has 0 spiro atoms. The van der Waals surface area contributed by atoms with Crippen molar-refractivity contribution in [1.29, 1.82) is 0 Å². The van der Waals surface area contributed by atoms with Crippen LogP contribution in [0.25, 0.3) is 0 Å². The van der Waals surface area contributed by atoms with Gasteiger partial charge in [-0.1, -0.05) is 19.9 Å². The number of urea groups is 1. The second kappa shape index (κ2) is 7.46. The van der Waals surface area contributed by atoms with Gasteiger partial charge in [0.1, 0.15) is 0 Å². The summed E-state index contributed by atoms with van der Waals surface area (Å²) in [6.45, 7) is 5.38. The van der Waals surface area contributed by atoms with Gasteiger partial charge in [0.15, 0.2) is 9.84 Å². The second-order valence-corrected chi connectivity index (χ2v) is 9.50. The molecule has 0 aromatic carbocycles. The molecule has 0 bridgehead atoms. The summed E-state index contributed by atoms with van der Waals surface area (Å²) in [4.78, 5) is 15.2. The fraction of sp³-hybridized carbons (Fsp3) is 0.667. The Morgan fingerprint density at radius 2 is 2.32 bits per heavy atom. The van der Waals surface area contributed by atoms with Crippen LogP contribution in [-0.2, 0) is 16.3 Å². The lowest BCUT2D eigenvalue weighted by atomic mass is 10.1. The lowest BCUT2D eigenvalue weighted by molar-refractivity contribution is 0.194. The van der Waals surface area contributed by atoms with E-state index in [9.17, 15) is 13.2 Å². The Bertz CT molecular complexity index is 584. The number of nitrogens with one attached hydrogen (secondary N) is 1. The number of nitrogens with zero attached hydrogens (tertiary/aromatic N) is 1. The highest BCUT2D eigenvalue weighted by Gasteiger charge is 2.26. The van der Waals surface area contributed by atoms with Crippen LogP contribution in [0, 0.1) is 11.8 Å². The number of carbonyl (C=O) groups is 1. The van der Waals surface area contributed by atoms with Gasteiger partial charge in [-0.3, -0.25) is 0 Å². The minimum atomic E-state index is -3.02.